The molecule has 0 saturated carbocycles. The van der Waals surface area contributed by atoms with Gasteiger partial charge >= 0.3 is 5.97 Å². The van der Waals surface area contributed by atoms with E-state index < -0.39 is 12.0 Å². The molecule has 0 aliphatic carbocycles. The number of amides is 1. The van der Waals surface area contributed by atoms with E-state index in [-0.39, 0.29) is 12.5 Å². The fourth-order valence-corrected chi connectivity index (χ4v) is 1.95. The van der Waals surface area contributed by atoms with Crippen molar-refractivity contribution >= 4 is 22.8 Å². The molecule has 0 bridgehead atoms. The number of aliphatic carboxylic acids is 1. The molecule has 1 atom stereocenters. The van der Waals surface area contributed by atoms with Crippen LogP contribution < -0.4 is 10.1 Å². The number of methoxy groups -OCH3 is 1. The second-order valence-electron chi connectivity index (χ2n) is 4.50. The zero-order chi connectivity index (χ0) is 14.7. The number of fused-ring (bicyclic) bond motifs is 1. The highest BCUT2D eigenvalue weighted by Gasteiger charge is 2.14. The first-order valence-corrected chi connectivity index (χ1v) is 6.16. The molecule has 1 heterocycles. The number of benzene rings is 1. The van der Waals surface area contributed by atoms with E-state index in [1.165, 1.54) is 6.92 Å². The first-order chi connectivity index (χ1) is 9.51. The van der Waals surface area contributed by atoms with Gasteiger partial charge in [-0.25, -0.2) is 0 Å². The summed E-state index contributed by atoms with van der Waals surface area (Å²) < 4.78 is 6.90. The van der Waals surface area contributed by atoms with Crippen LogP contribution in [0.15, 0.2) is 30.5 Å². The predicted octanol–water partition coefficient (Wildman–Crippen LogP) is 1.24. The molecule has 2 N–H and O–H groups in total. The molecule has 0 spiro atoms. The maximum absolute atomic E-state index is 11.8. The Morgan fingerprint density at radius 1 is 1.40 bits per heavy atom. The normalized spacial score (nSPS) is 12.1. The second-order valence-corrected chi connectivity index (χ2v) is 4.50. The molecule has 0 fully saturated rings. The van der Waals surface area contributed by atoms with Crippen LogP contribution in [0.5, 0.6) is 5.75 Å². The van der Waals surface area contributed by atoms with Crippen molar-refractivity contribution in [2.45, 2.75) is 19.5 Å². The number of hydrogen-bond acceptors (Lipinski definition) is 3. The van der Waals surface area contributed by atoms with E-state index in [1.807, 2.05) is 24.3 Å². The van der Waals surface area contributed by atoms with Crippen LogP contribution in [0.1, 0.15) is 6.92 Å². The summed E-state index contributed by atoms with van der Waals surface area (Å²) in [5, 5.41) is 12.1. The molecule has 0 aliphatic rings. The highest BCUT2D eigenvalue weighted by molar-refractivity contribution is 5.86. The smallest absolute Gasteiger partial charge is 0.325 e. The molecule has 2 rings (SSSR count). The third-order valence-corrected chi connectivity index (χ3v) is 3.04. The van der Waals surface area contributed by atoms with Crippen molar-refractivity contribution < 1.29 is 19.4 Å². The molecule has 0 saturated heterocycles. The number of rotatable bonds is 5. The summed E-state index contributed by atoms with van der Waals surface area (Å²) in [7, 11) is 1.60. The van der Waals surface area contributed by atoms with E-state index in [2.05, 4.69) is 5.32 Å². The van der Waals surface area contributed by atoms with Crippen LogP contribution in [-0.4, -0.2) is 34.7 Å². The van der Waals surface area contributed by atoms with Gasteiger partial charge in [-0.15, -0.1) is 0 Å². The van der Waals surface area contributed by atoms with Crippen molar-refractivity contribution in [3.8, 4) is 5.75 Å². The van der Waals surface area contributed by atoms with Gasteiger partial charge < -0.3 is 19.7 Å². The first kappa shape index (κ1) is 13.9. The summed E-state index contributed by atoms with van der Waals surface area (Å²) in [4.78, 5) is 22.5. The van der Waals surface area contributed by atoms with Crippen molar-refractivity contribution in [2.75, 3.05) is 7.11 Å². The number of carbonyl (C=O) groups is 2. The Labute approximate surface area is 116 Å². The fraction of sp³-hybridized carbons (Fsp3) is 0.286. The Balaban J connectivity index is 2.14. The van der Waals surface area contributed by atoms with Gasteiger partial charge in [-0.1, -0.05) is 0 Å². The van der Waals surface area contributed by atoms with Gasteiger partial charge in [0.25, 0.3) is 0 Å². The van der Waals surface area contributed by atoms with Gasteiger partial charge in [-0.05, 0) is 31.2 Å². The number of ether oxygens (including phenoxy) is 1. The standard InChI is InChI=1S/C14H16N2O4/c1-9(14(18)19)15-13(17)8-16-6-5-10-7-11(20-2)3-4-12(10)16/h3-7,9H,8H2,1-2H3,(H,15,17)(H,18,19). The second kappa shape index (κ2) is 5.64. The number of hydrogen-bond donors (Lipinski definition) is 2. The van der Waals surface area contributed by atoms with Gasteiger partial charge in [0.05, 0.1) is 7.11 Å². The SMILES string of the molecule is COc1ccc2c(ccn2CC(=O)NC(C)C(=O)O)c1. The average molecular weight is 276 g/mol. The number of nitrogens with one attached hydrogen (secondary N) is 1. The van der Waals surface area contributed by atoms with Crippen molar-refractivity contribution in [2.24, 2.45) is 0 Å². The summed E-state index contributed by atoms with van der Waals surface area (Å²) in [5.74, 6) is -0.645. The maximum Gasteiger partial charge on any atom is 0.325 e. The van der Waals surface area contributed by atoms with Gasteiger partial charge in [-0.2, -0.15) is 0 Å². The van der Waals surface area contributed by atoms with Crippen LogP contribution in [0.4, 0.5) is 0 Å². The van der Waals surface area contributed by atoms with Crippen LogP contribution in [0.25, 0.3) is 10.9 Å². The largest absolute Gasteiger partial charge is 0.497 e. The van der Waals surface area contributed by atoms with Crippen LogP contribution in [-0.2, 0) is 16.1 Å². The molecule has 0 radical (unpaired) electrons. The van der Waals surface area contributed by atoms with Crippen LogP contribution >= 0.6 is 0 Å². The van der Waals surface area contributed by atoms with Crippen molar-refractivity contribution in [1.82, 2.24) is 9.88 Å². The minimum absolute atomic E-state index is 0.0768. The van der Waals surface area contributed by atoms with E-state index in [9.17, 15) is 9.59 Å². The Hall–Kier alpha value is -2.50. The Morgan fingerprint density at radius 3 is 2.80 bits per heavy atom. The molecular weight excluding hydrogens is 260 g/mol. The summed E-state index contributed by atoms with van der Waals surface area (Å²) in [6.07, 6.45) is 1.79. The Bertz CT molecular complexity index is 648. The zero-order valence-electron chi connectivity index (χ0n) is 11.3. The molecule has 0 aliphatic heterocycles. The van der Waals surface area contributed by atoms with Crippen molar-refractivity contribution in [1.29, 1.82) is 0 Å². The molecule has 2 aromatic rings. The fourth-order valence-electron chi connectivity index (χ4n) is 1.95. The van der Waals surface area contributed by atoms with Gasteiger partial charge in [-0.3, -0.25) is 9.59 Å². The van der Waals surface area contributed by atoms with Crippen LogP contribution in [0, 0.1) is 0 Å². The van der Waals surface area contributed by atoms with E-state index >= 15 is 0 Å². The number of carbonyl (C=O) groups excluding carboxylic acids is 1. The third-order valence-electron chi connectivity index (χ3n) is 3.04. The zero-order valence-corrected chi connectivity index (χ0v) is 11.3. The number of carboxylic acid groups (broad SMARTS) is 1. The molecule has 106 valence electrons. The molecule has 1 aromatic heterocycles. The van der Waals surface area contributed by atoms with Crippen molar-refractivity contribution in [3.63, 3.8) is 0 Å². The predicted molar refractivity (Wildman–Crippen MR) is 73.7 cm³/mol. The lowest BCUT2D eigenvalue weighted by atomic mass is 10.2. The lowest BCUT2D eigenvalue weighted by molar-refractivity contribution is -0.141. The van der Waals surface area contributed by atoms with Crippen molar-refractivity contribution in [3.05, 3.63) is 30.5 Å². The summed E-state index contributed by atoms with van der Waals surface area (Å²) in [6, 6.07) is 6.54. The summed E-state index contributed by atoms with van der Waals surface area (Å²) in [6.45, 7) is 1.51. The lowest BCUT2D eigenvalue weighted by Crippen LogP contribution is -2.39. The number of aromatic nitrogens is 1. The molecule has 20 heavy (non-hydrogen) atoms. The quantitative estimate of drug-likeness (QED) is 0.861. The molecule has 6 heteroatoms. The van der Waals surface area contributed by atoms with E-state index in [0.29, 0.717) is 0 Å². The molecular formula is C14H16N2O4. The molecule has 1 amide bonds. The van der Waals surface area contributed by atoms with E-state index in [4.69, 9.17) is 9.84 Å². The summed E-state index contributed by atoms with van der Waals surface area (Å²) >= 11 is 0. The number of nitrogens with zero attached hydrogens (tertiary/aromatic N) is 1. The number of carboxylic acids is 1. The van der Waals surface area contributed by atoms with E-state index in [1.54, 1.807) is 17.9 Å². The van der Waals surface area contributed by atoms with Gasteiger partial charge in [0.15, 0.2) is 0 Å². The summed E-state index contributed by atoms with van der Waals surface area (Å²) in [5.41, 5.74) is 0.893. The van der Waals surface area contributed by atoms with Gasteiger partial charge in [0.2, 0.25) is 5.91 Å². The Kier molecular flexibility index (Phi) is 3.93. The maximum atomic E-state index is 11.8. The van der Waals surface area contributed by atoms with E-state index in [0.717, 1.165) is 16.7 Å². The lowest BCUT2D eigenvalue weighted by Gasteiger charge is -2.10. The highest BCUT2D eigenvalue weighted by Crippen LogP contribution is 2.21. The molecule has 1 aromatic carbocycles. The van der Waals surface area contributed by atoms with Gasteiger partial charge in [0.1, 0.15) is 18.3 Å². The minimum atomic E-state index is -1.06. The topological polar surface area (TPSA) is 80.6 Å². The molecule has 6 nitrogen and oxygen atoms in total. The third kappa shape index (κ3) is 2.90. The highest BCUT2D eigenvalue weighted by atomic mass is 16.5. The molecule has 1 unspecified atom stereocenters. The first-order valence-electron chi connectivity index (χ1n) is 6.16. The van der Waals surface area contributed by atoms with Crippen LogP contribution in [0.3, 0.4) is 0 Å². The minimum Gasteiger partial charge on any atom is -0.497 e. The monoisotopic (exact) mass is 276 g/mol. The average Bonchev–Trinajstić information content (AvgIpc) is 2.80. The Morgan fingerprint density at radius 2 is 2.15 bits per heavy atom. The van der Waals surface area contributed by atoms with Crippen LogP contribution in [0.2, 0.25) is 0 Å². The van der Waals surface area contributed by atoms with Gasteiger partial charge in [0, 0.05) is 17.1 Å².